The number of carbonyl (C=O) groups is 2. The van der Waals surface area contributed by atoms with E-state index >= 15 is 0 Å². The number of ether oxygens (including phenoxy) is 1. The summed E-state index contributed by atoms with van der Waals surface area (Å²) >= 11 is 0. The molecule has 0 aromatic carbocycles. The molecule has 2 heterocycles. The Bertz CT molecular complexity index is 369. The largest absolute Gasteiger partial charge is 0.379 e. The van der Waals surface area contributed by atoms with Crippen LogP contribution in [0.25, 0.3) is 0 Å². The summed E-state index contributed by atoms with van der Waals surface area (Å²) in [6.45, 7) is 8.69. The molecule has 2 saturated heterocycles. The number of urea groups is 1. The highest BCUT2D eigenvalue weighted by atomic mass is 16.5. The third-order valence-electron chi connectivity index (χ3n) is 3.91. The van der Waals surface area contributed by atoms with Gasteiger partial charge in [-0.3, -0.25) is 9.69 Å². The summed E-state index contributed by atoms with van der Waals surface area (Å²) in [5.74, 6) is 0.456. The zero-order valence-corrected chi connectivity index (χ0v) is 12.9. The van der Waals surface area contributed by atoms with Crippen molar-refractivity contribution < 1.29 is 14.3 Å². The van der Waals surface area contributed by atoms with E-state index in [0.717, 1.165) is 32.7 Å². The molecule has 3 N–H and O–H groups in total. The number of morpholine rings is 1. The Balaban J connectivity index is 1.82. The molecule has 0 bridgehead atoms. The molecule has 0 spiro atoms. The first-order chi connectivity index (χ1) is 10.1. The van der Waals surface area contributed by atoms with Gasteiger partial charge < -0.3 is 20.7 Å². The first-order valence-electron chi connectivity index (χ1n) is 7.70. The van der Waals surface area contributed by atoms with Crippen molar-refractivity contribution in [1.29, 1.82) is 0 Å². The predicted octanol–water partition coefficient (Wildman–Crippen LogP) is -0.469. The third kappa shape index (κ3) is 4.86. The SMILES string of the molecule is CC(C)CC(CNC(=O)C1CNC(=O)N1)N1CCOCC1. The Hall–Kier alpha value is -1.34. The van der Waals surface area contributed by atoms with Crippen LogP contribution in [-0.4, -0.2) is 68.3 Å². The molecule has 2 rings (SSSR count). The highest BCUT2D eigenvalue weighted by Crippen LogP contribution is 2.13. The van der Waals surface area contributed by atoms with Crippen molar-refractivity contribution in [1.82, 2.24) is 20.9 Å². The normalized spacial score (nSPS) is 24.5. The Morgan fingerprint density at radius 2 is 2.14 bits per heavy atom. The highest BCUT2D eigenvalue weighted by molar-refractivity contribution is 5.90. The molecule has 120 valence electrons. The second kappa shape index (κ2) is 7.61. The summed E-state index contributed by atoms with van der Waals surface area (Å²) in [5.41, 5.74) is 0. The maximum Gasteiger partial charge on any atom is 0.315 e. The molecular formula is C14H26N4O3. The Morgan fingerprint density at radius 1 is 1.43 bits per heavy atom. The summed E-state index contributed by atoms with van der Waals surface area (Å²) in [4.78, 5) is 25.5. The lowest BCUT2D eigenvalue weighted by molar-refractivity contribution is -0.122. The van der Waals surface area contributed by atoms with Crippen LogP contribution in [0.1, 0.15) is 20.3 Å². The van der Waals surface area contributed by atoms with Crippen molar-refractivity contribution in [2.24, 2.45) is 5.92 Å². The van der Waals surface area contributed by atoms with Crippen LogP contribution in [0, 0.1) is 5.92 Å². The molecule has 2 aliphatic heterocycles. The van der Waals surface area contributed by atoms with Gasteiger partial charge in [-0.2, -0.15) is 0 Å². The fourth-order valence-corrected chi connectivity index (χ4v) is 2.80. The van der Waals surface area contributed by atoms with Gasteiger partial charge in [-0.1, -0.05) is 13.8 Å². The van der Waals surface area contributed by atoms with Gasteiger partial charge >= 0.3 is 6.03 Å². The second-order valence-electron chi connectivity index (χ2n) is 6.08. The number of hydrogen-bond donors (Lipinski definition) is 3. The van der Waals surface area contributed by atoms with Crippen molar-refractivity contribution in [3.63, 3.8) is 0 Å². The Morgan fingerprint density at radius 3 is 2.71 bits per heavy atom. The smallest absolute Gasteiger partial charge is 0.315 e. The van der Waals surface area contributed by atoms with Crippen LogP contribution in [0.2, 0.25) is 0 Å². The van der Waals surface area contributed by atoms with E-state index in [-0.39, 0.29) is 11.9 Å². The van der Waals surface area contributed by atoms with E-state index in [1.165, 1.54) is 0 Å². The first kappa shape index (κ1) is 16.0. The van der Waals surface area contributed by atoms with Gasteiger partial charge in [-0.25, -0.2) is 4.79 Å². The maximum absolute atomic E-state index is 12.1. The van der Waals surface area contributed by atoms with Gasteiger partial charge in [0.15, 0.2) is 0 Å². The van der Waals surface area contributed by atoms with E-state index in [1.54, 1.807) is 0 Å². The van der Waals surface area contributed by atoms with Gasteiger partial charge in [0.25, 0.3) is 0 Å². The van der Waals surface area contributed by atoms with E-state index in [1.807, 2.05) is 0 Å². The van der Waals surface area contributed by atoms with E-state index in [0.29, 0.717) is 25.0 Å². The average molecular weight is 298 g/mol. The minimum Gasteiger partial charge on any atom is -0.379 e. The molecule has 0 aromatic heterocycles. The van der Waals surface area contributed by atoms with Crippen LogP contribution < -0.4 is 16.0 Å². The van der Waals surface area contributed by atoms with Gasteiger partial charge in [0.2, 0.25) is 5.91 Å². The monoisotopic (exact) mass is 298 g/mol. The standard InChI is InChI=1S/C14H26N4O3/c1-10(2)7-11(18-3-5-21-6-4-18)8-15-13(19)12-9-16-14(20)17-12/h10-12H,3-9H2,1-2H3,(H,15,19)(H2,16,17,20). The quantitative estimate of drug-likeness (QED) is 0.619. The minimum absolute atomic E-state index is 0.115. The van der Waals surface area contributed by atoms with Crippen LogP contribution >= 0.6 is 0 Å². The molecule has 2 unspecified atom stereocenters. The third-order valence-corrected chi connectivity index (χ3v) is 3.91. The molecule has 0 radical (unpaired) electrons. The number of carbonyl (C=O) groups excluding carboxylic acids is 2. The highest BCUT2D eigenvalue weighted by Gasteiger charge is 2.28. The number of nitrogens with one attached hydrogen (secondary N) is 3. The molecule has 7 nitrogen and oxygen atoms in total. The summed E-state index contributed by atoms with van der Waals surface area (Å²) in [6.07, 6.45) is 1.04. The minimum atomic E-state index is -0.457. The summed E-state index contributed by atoms with van der Waals surface area (Å²) < 4.78 is 5.39. The van der Waals surface area contributed by atoms with Gasteiger partial charge in [0.05, 0.1) is 13.2 Å². The fourth-order valence-electron chi connectivity index (χ4n) is 2.80. The Kier molecular flexibility index (Phi) is 5.81. The van der Waals surface area contributed by atoms with Gasteiger partial charge in [0, 0.05) is 32.2 Å². The number of hydrogen-bond acceptors (Lipinski definition) is 4. The van der Waals surface area contributed by atoms with Crippen LogP contribution in [-0.2, 0) is 9.53 Å². The van der Waals surface area contributed by atoms with E-state index in [2.05, 4.69) is 34.7 Å². The van der Waals surface area contributed by atoms with Crippen molar-refractivity contribution in [2.75, 3.05) is 39.4 Å². The second-order valence-corrected chi connectivity index (χ2v) is 6.08. The zero-order chi connectivity index (χ0) is 15.2. The maximum atomic E-state index is 12.1. The molecule has 0 saturated carbocycles. The lowest BCUT2D eigenvalue weighted by Gasteiger charge is -2.35. The zero-order valence-electron chi connectivity index (χ0n) is 12.9. The lowest BCUT2D eigenvalue weighted by Crippen LogP contribution is -2.51. The van der Waals surface area contributed by atoms with E-state index in [9.17, 15) is 9.59 Å². The van der Waals surface area contributed by atoms with Gasteiger partial charge in [-0.15, -0.1) is 0 Å². The molecule has 7 heteroatoms. The van der Waals surface area contributed by atoms with Crippen molar-refractivity contribution in [2.45, 2.75) is 32.4 Å². The van der Waals surface area contributed by atoms with Gasteiger partial charge in [0.1, 0.15) is 6.04 Å². The average Bonchev–Trinajstić information content (AvgIpc) is 2.90. The molecule has 0 aromatic rings. The molecule has 3 amide bonds. The van der Waals surface area contributed by atoms with Crippen molar-refractivity contribution >= 4 is 11.9 Å². The topological polar surface area (TPSA) is 82.7 Å². The molecule has 21 heavy (non-hydrogen) atoms. The van der Waals surface area contributed by atoms with Crippen LogP contribution in [0.15, 0.2) is 0 Å². The van der Waals surface area contributed by atoms with Crippen LogP contribution in [0.3, 0.4) is 0 Å². The summed E-state index contributed by atoms with van der Waals surface area (Å²) in [6, 6.07) is -0.410. The molecule has 2 aliphatic rings. The first-order valence-corrected chi connectivity index (χ1v) is 7.70. The van der Waals surface area contributed by atoms with E-state index < -0.39 is 6.04 Å². The van der Waals surface area contributed by atoms with Crippen LogP contribution in [0.5, 0.6) is 0 Å². The molecule has 2 atom stereocenters. The summed E-state index contributed by atoms with van der Waals surface area (Å²) in [5, 5.41) is 8.17. The lowest BCUT2D eigenvalue weighted by atomic mass is 10.0. The van der Waals surface area contributed by atoms with Gasteiger partial charge in [-0.05, 0) is 12.3 Å². The predicted molar refractivity (Wildman–Crippen MR) is 79.0 cm³/mol. The fraction of sp³-hybridized carbons (Fsp3) is 0.857. The van der Waals surface area contributed by atoms with Crippen molar-refractivity contribution in [3.05, 3.63) is 0 Å². The number of amides is 3. The van der Waals surface area contributed by atoms with Crippen molar-refractivity contribution in [3.8, 4) is 0 Å². The Labute approximate surface area is 125 Å². The molecular weight excluding hydrogens is 272 g/mol. The van der Waals surface area contributed by atoms with E-state index in [4.69, 9.17) is 4.74 Å². The molecule has 2 fully saturated rings. The molecule has 0 aliphatic carbocycles. The number of nitrogens with zero attached hydrogens (tertiary/aromatic N) is 1. The van der Waals surface area contributed by atoms with Crippen LogP contribution in [0.4, 0.5) is 4.79 Å². The number of rotatable bonds is 6. The summed E-state index contributed by atoms with van der Waals surface area (Å²) in [7, 11) is 0.